The van der Waals surface area contributed by atoms with Gasteiger partial charge in [-0.05, 0) is 19.1 Å². The zero-order valence-corrected chi connectivity index (χ0v) is 10.1. The summed E-state index contributed by atoms with van der Waals surface area (Å²) < 4.78 is 1.54. The molecule has 0 radical (unpaired) electrons. The molecule has 0 aliphatic heterocycles. The number of aromatic amines is 1. The smallest absolute Gasteiger partial charge is 0.271 e. The summed E-state index contributed by atoms with van der Waals surface area (Å²) in [6.07, 6.45) is 0. The fourth-order valence-electron chi connectivity index (χ4n) is 1.68. The molecule has 0 spiro atoms. The Labute approximate surface area is 100 Å². The van der Waals surface area contributed by atoms with Crippen molar-refractivity contribution in [2.24, 2.45) is 5.73 Å². The predicted molar refractivity (Wildman–Crippen MR) is 68.6 cm³/mol. The summed E-state index contributed by atoms with van der Waals surface area (Å²) in [6, 6.07) is 9.41. The van der Waals surface area contributed by atoms with Gasteiger partial charge in [-0.3, -0.25) is 9.89 Å². The van der Waals surface area contributed by atoms with Crippen LogP contribution in [0, 0.1) is 6.92 Å². The SMILES string of the molecule is Cc1ccc(-n2[nH]c(C(C)CN)cc2=O)cc1. The number of nitrogens with zero attached hydrogens (tertiary/aromatic N) is 1. The number of nitrogens with one attached hydrogen (secondary N) is 1. The van der Waals surface area contributed by atoms with Crippen LogP contribution in [0.25, 0.3) is 5.69 Å². The minimum Gasteiger partial charge on any atom is -0.330 e. The van der Waals surface area contributed by atoms with E-state index in [-0.39, 0.29) is 11.5 Å². The van der Waals surface area contributed by atoms with E-state index in [2.05, 4.69) is 5.10 Å². The molecule has 17 heavy (non-hydrogen) atoms. The predicted octanol–water partition coefficient (Wildman–Crippen LogP) is 1.54. The van der Waals surface area contributed by atoms with E-state index >= 15 is 0 Å². The topological polar surface area (TPSA) is 63.8 Å². The van der Waals surface area contributed by atoms with E-state index in [9.17, 15) is 4.79 Å². The van der Waals surface area contributed by atoms with Gasteiger partial charge in [0.05, 0.1) is 5.69 Å². The van der Waals surface area contributed by atoms with Gasteiger partial charge in [0.2, 0.25) is 0 Å². The van der Waals surface area contributed by atoms with Crippen LogP contribution < -0.4 is 11.3 Å². The standard InChI is InChI=1S/C13H17N3O/c1-9-3-5-11(6-4-9)16-13(17)7-12(15-16)10(2)8-14/h3-7,10,15H,8,14H2,1-2H3. The van der Waals surface area contributed by atoms with Crippen LogP contribution in [0.4, 0.5) is 0 Å². The molecule has 2 rings (SSSR count). The van der Waals surface area contributed by atoms with Crippen LogP contribution in [0.2, 0.25) is 0 Å². The Morgan fingerprint density at radius 3 is 2.59 bits per heavy atom. The molecule has 90 valence electrons. The van der Waals surface area contributed by atoms with Crippen LogP contribution >= 0.6 is 0 Å². The molecule has 0 fully saturated rings. The molecule has 1 aromatic heterocycles. The number of rotatable bonds is 3. The van der Waals surface area contributed by atoms with Gasteiger partial charge in [0.1, 0.15) is 0 Å². The second-order valence-corrected chi connectivity index (χ2v) is 4.36. The number of H-pyrrole nitrogens is 1. The van der Waals surface area contributed by atoms with Crippen molar-refractivity contribution in [1.82, 2.24) is 9.78 Å². The molecule has 1 unspecified atom stereocenters. The molecule has 0 aliphatic carbocycles. The van der Waals surface area contributed by atoms with Gasteiger partial charge in [-0.1, -0.05) is 24.6 Å². The van der Waals surface area contributed by atoms with Gasteiger partial charge in [-0.15, -0.1) is 0 Å². The van der Waals surface area contributed by atoms with Crippen LogP contribution in [0.3, 0.4) is 0 Å². The first-order valence-electron chi connectivity index (χ1n) is 5.71. The molecule has 1 heterocycles. The van der Waals surface area contributed by atoms with E-state index in [1.807, 2.05) is 38.1 Å². The normalized spacial score (nSPS) is 12.6. The molecule has 0 amide bonds. The van der Waals surface area contributed by atoms with E-state index in [1.165, 1.54) is 5.56 Å². The lowest BCUT2D eigenvalue weighted by atomic mass is 10.1. The van der Waals surface area contributed by atoms with E-state index < -0.39 is 0 Å². The highest BCUT2D eigenvalue weighted by atomic mass is 16.1. The highest BCUT2D eigenvalue weighted by Gasteiger charge is 2.09. The zero-order chi connectivity index (χ0) is 12.4. The lowest BCUT2D eigenvalue weighted by Crippen LogP contribution is -2.13. The van der Waals surface area contributed by atoms with Crippen LogP contribution in [0.1, 0.15) is 24.1 Å². The zero-order valence-electron chi connectivity index (χ0n) is 10.1. The van der Waals surface area contributed by atoms with Gasteiger partial charge in [-0.2, -0.15) is 0 Å². The van der Waals surface area contributed by atoms with Crippen molar-refractivity contribution in [1.29, 1.82) is 0 Å². The van der Waals surface area contributed by atoms with Crippen molar-refractivity contribution < 1.29 is 0 Å². The Bertz CT molecular complexity index is 551. The Morgan fingerprint density at radius 1 is 1.35 bits per heavy atom. The van der Waals surface area contributed by atoms with Crippen molar-refractivity contribution >= 4 is 0 Å². The third-order valence-corrected chi connectivity index (χ3v) is 2.92. The third-order valence-electron chi connectivity index (χ3n) is 2.92. The Kier molecular flexibility index (Phi) is 3.15. The molecule has 0 saturated heterocycles. The highest BCUT2D eigenvalue weighted by molar-refractivity contribution is 5.33. The molecule has 4 heteroatoms. The number of nitrogens with two attached hydrogens (primary N) is 1. The Balaban J connectivity index is 2.42. The van der Waals surface area contributed by atoms with Crippen LogP contribution in [0.5, 0.6) is 0 Å². The Hall–Kier alpha value is -1.81. The van der Waals surface area contributed by atoms with Gasteiger partial charge in [0, 0.05) is 24.2 Å². The quantitative estimate of drug-likeness (QED) is 0.841. The molecule has 2 aromatic rings. The average Bonchev–Trinajstić information content (AvgIpc) is 2.71. The number of benzene rings is 1. The lowest BCUT2D eigenvalue weighted by molar-refractivity contribution is 0.715. The van der Waals surface area contributed by atoms with Crippen molar-refractivity contribution in [2.75, 3.05) is 6.54 Å². The maximum Gasteiger partial charge on any atom is 0.271 e. The first kappa shape index (κ1) is 11.7. The van der Waals surface area contributed by atoms with Crippen molar-refractivity contribution in [3.8, 4) is 5.69 Å². The fraction of sp³-hybridized carbons (Fsp3) is 0.308. The largest absolute Gasteiger partial charge is 0.330 e. The van der Waals surface area contributed by atoms with E-state index in [4.69, 9.17) is 5.73 Å². The minimum atomic E-state index is -0.0517. The summed E-state index contributed by atoms with van der Waals surface area (Å²) in [5.74, 6) is 0.161. The molecule has 1 aromatic carbocycles. The van der Waals surface area contributed by atoms with Crippen molar-refractivity contribution in [3.05, 3.63) is 51.9 Å². The van der Waals surface area contributed by atoms with Gasteiger partial charge >= 0.3 is 0 Å². The number of aryl methyl sites for hydroxylation is 1. The van der Waals surface area contributed by atoms with Gasteiger partial charge < -0.3 is 5.73 Å². The maximum absolute atomic E-state index is 11.8. The second kappa shape index (κ2) is 4.59. The molecular weight excluding hydrogens is 214 g/mol. The van der Waals surface area contributed by atoms with E-state index in [0.29, 0.717) is 6.54 Å². The van der Waals surface area contributed by atoms with E-state index in [0.717, 1.165) is 11.4 Å². The number of hydrogen-bond donors (Lipinski definition) is 2. The molecule has 1 atom stereocenters. The molecule has 0 saturated carbocycles. The summed E-state index contributed by atoms with van der Waals surface area (Å²) in [4.78, 5) is 11.8. The number of aromatic nitrogens is 2. The monoisotopic (exact) mass is 231 g/mol. The molecule has 4 nitrogen and oxygen atoms in total. The first-order valence-corrected chi connectivity index (χ1v) is 5.71. The highest BCUT2D eigenvalue weighted by Crippen LogP contribution is 2.11. The second-order valence-electron chi connectivity index (χ2n) is 4.36. The number of hydrogen-bond acceptors (Lipinski definition) is 2. The van der Waals surface area contributed by atoms with Gasteiger partial charge in [0.15, 0.2) is 0 Å². The van der Waals surface area contributed by atoms with Crippen LogP contribution in [-0.4, -0.2) is 16.3 Å². The van der Waals surface area contributed by atoms with Crippen LogP contribution in [0.15, 0.2) is 35.1 Å². The molecule has 3 N–H and O–H groups in total. The summed E-state index contributed by atoms with van der Waals surface area (Å²) in [6.45, 7) is 4.53. The van der Waals surface area contributed by atoms with Crippen LogP contribution in [-0.2, 0) is 0 Å². The van der Waals surface area contributed by atoms with Gasteiger partial charge in [-0.25, -0.2) is 4.68 Å². The molecule has 0 aliphatic rings. The first-order chi connectivity index (χ1) is 8.11. The summed E-state index contributed by atoms with van der Waals surface area (Å²) in [7, 11) is 0. The average molecular weight is 231 g/mol. The van der Waals surface area contributed by atoms with Gasteiger partial charge in [0.25, 0.3) is 5.56 Å². The summed E-state index contributed by atoms with van der Waals surface area (Å²) >= 11 is 0. The fourth-order valence-corrected chi connectivity index (χ4v) is 1.68. The maximum atomic E-state index is 11.8. The minimum absolute atomic E-state index is 0.0517. The third kappa shape index (κ3) is 2.31. The Morgan fingerprint density at radius 2 is 2.00 bits per heavy atom. The summed E-state index contributed by atoms with van der Waals surface area (Å²) in [5.41, 5.74) is 8.43. The lowest BCUT2D eigenvalue weighted by Gasteiger charge is -2.06. The molecule has 0 bridgehead atoms. The molecular formula is C13H17N3O. The summed E-state index contributed by atoms with van der Waals surface area (Å²) in [5, 5.41) is 3.09. The van der Waals surface area contributed by atoms with Crippen molar-refractivity contribution in [2.45, 2.75) is 19.8 Å². The van der Waals surface area contributed by atoms with E-state index in [1.54, 1.807) is 10.7 Å². The van der Waals surface area contributed by atoms with Crippen molar-refractivity contribution in [3.63, 3.8) is 0 Å².